The Hall–Kier alpha value is -0.120. The molecule has 1 aliphatic rings. The van der Waals surface area contributed by atoms with Gasteiger partial charge in [-0.05, 0) is 52.2 Å². The van der Waals surface area contributed by atoms with E-state index in [0.29, 0.717) is 5.54 Å². The van der Waals surface area contributed by atoms with Crippen LogP contribution in [0.4, 0.5) is 0 Å². The summed E-state index contributed by atoms with van der Waals surface area (Å²) in [5.41, 5.74) is 0.356. The van der Waals surface area contributed by atoms with E-state index in [4.69, 9.17) is 4.74 Å². The molecule has 102 valence electrons. The van der Waals surface area contributed by atoms with E-state index < -0.39 is 0 Å². The quantitative estimate of drug-likeness (QED) is 0.692. The number of nitrogens with one attached hydrogen (secondary N) is 1. The maximum Gasteiger partial charge on any atom is 0.0593 e. The summed E-state index contributed by atoms with van der Waals surface area (Å²) in [7, 11) is 2.07. The second kappa shape index (κ2) is 7.34. The van der Waals surface area contributed by atoms with E-state index in [-0.39, 0.29) is 0 Å². The van der Waals surface area contributed by atoms with Crippen molar-refractivity contribution in [3.63, 3.8) is 0 Å². The molecule has 1 heterocycles. The minimum absolute atomic E-state index is 0.356. The Morgan fingerprint density at radius 2 is 1.88 bits per heavy atom. The molecule has 1 rings (SSSR count). The molecular formula is C14H30N2O. The van der Waals surface area contributed by atoms with Gasteiger partial charge in [0.25, 0.3) is 0 Å². The summed E-state index contributed by atoms with van der Waals surface area (Å²) >= 11 is 0. The number of hydrogen-bond donors (Lipinski definition) is 1. The first-order chi connectivity index (χ1) is 8.06. The van der Waals surface area contributed by atoms with Crippen LogP contribution in [-0.4, -0.2) is 50.3 Å². The smallest absolute Gasteiger partial charge is 0.0593 e. The highest BCUT2D eigenvalue weighted by Crippen LogP contribution is 2.20. The van der Waals surface area contributed by atoms with E-state index in [1.807, 2.05) is 0 Å². The van der Waals surface area contributed by atoms with Crippen LogP contribution in [0.25, 0.3) is 0 Å². The van der Waals surface area contributed by atoms with Crippen molar-refractivity contribution in [3.8, 4) is 0 Å². The van der Waals surface area contributed by atoms with Crippen molar-refractivity contribution in [2.24, 2.45) is 5.92 Å². The molecule has 0 saturated carbocycles. The summed E-state index contributed by atoms with van der Waals surface area (Å²) in [4.78, 5) is 2.52. The average molecular weight is 242 g/mol. The third-order valence-corrected chi connectivity index (χ3v) is 3.95. The van der Waals surface area contributed by atoms with Gasteiger partial charge in [-0.2, -0.15) is 0 Å². The lowest BCUT2D eigenvalue weighted by atomic mass is 9.90. The molecule has 0 aliphatic carbocycles. The highest BCUT2D eigenvalue weighted by molar-refractivity contribution is 4.87. The van der Waals surface area contributed by atoms with Gasteiger partial charge in [0.2, 0.25) is 0 Å². The minimum atomic E-state index is 0.356. The molecule has 0 aromatic carbocycles. The topological polar surface area (TPSA) is 24.5 Å². The van der Waals surface area contributed by atoms with Crippen molar-refractivity contribution in [2.45, 2.75) is 45.6 Å². The lowest BCUT2D eigenvalue weighted by molar-refractivity contribution is 0.0762. The van der Waals surface area contributed by atoms with Gasteiger partial charge in [-0.25, -0.2) is 0 Å². The molecule has 0 aromatic heterocycles. The van der Waals surface area contributed by atoms with Crippen LogP contribution >= 0.6 is 0 Å². The highest BCUT2D eigenvalue weighted by Gasteiger charge is 2.27. The molecule has 0 atom stereocenters. The van der Waals surface area contributed by atoms with E-state index in [2.05, 4.69) is 38.0 Å². The standard InChI is InChI=1S/C14H30N2O/c1-13(2)5-11-17-12-10-16-8-6-14(3,15-4)7-9-16/h13,15H,5-12H2,1-4H3. The van der Waals surface area contributed by atoms with Crippen LogP contribution in [-0.2, 0) is 4.74 Å². The van der Waals surface area contributed by atoms with Crippen molar-refractivity contribution in [1.82, 2.24) is 10.2 Å². The summed E-state index contributed by atoms with van der Waals surface area (Å²) in [5.74, 6) is 0.751. The van der Waals surface area contributed by atoms with Crippen LogP contribution in [0.15, 0.2) is 0 Å². The Labute approximate surface area is 107 Å². The first-order valence-electron chi connectivity index (χ1n) is 7.05. The zero-order valence-corrected chi connectivity index (χ0v) is 12.1. The SMILES string of the molecule is CNC1(C)CCN(CCOCCC(C)C)CC1. The maximum atomic E-state index is 5.67. The van der Waals surface area contributed by atoms with Gasteiger partial charge < -0.3 is 15.0 Å². The molecule has 0 radical (unpaired) electrons. The molecular weight excluding hydrogens is 212 g/mol. The predicted molar refractivity (Wildman–Crippen MR) is 73.4 cm³/mol. The van der Waals surface area contributed by atoms with Crippen LogP contribution in [0.1, 0.15) is 40.0 Å². The monoisotopic (exact) mass is 242 g/mol. The van der Waals surface area contributed by atoms with Crippen LogP contribution < -0.4 is 5.32 Å². The number of ether oxygens (including phenoxy) is 1. The van der Waals surface area contributed by atoms with Crippen LogP contribution in [0, 0.1) is 5.92 Å². The number of piperidine rings is 1. The number of rotatable bonds is 7. The fraction of sp³-hybridized carbons (Fsp3) is 1.00. The van der Waals surface area contributed by atoms with Gasteiger partial charge in [0, 0.05) is 18.7 Å². The van der Waals surface area contributed by atoms with Crippen molar-refractivity contribution in [3.05, 3.63) is 0 Å². The molecule has 0 bridgehead atoms. The summed E-state index contributed by atoms with van der Waals surface area (Å²) in [6, 6.07) is 0. The first-order valence-corrected chi connectivity index (χ1v) is 7.05. The normalized spacial score (nSPS) is 21.0. The molecule has 17 heavy (non-hydrogen) atoms. The Morgan fingerprint density at radius 1 is 1.24 bits per heavy atom. The molecule has 1 saturated heterocycles. The Balaban J connectivity index is 2.03. The lowest BCUT2D eigenvalue weighted by Crippen LogP contribution is -2.50. The van der Waals surface area contributed by atoms with Crippen molar-refractivity contribution in [2.75, 3.05) is 39.9 Å². The fourth-order valence-corrected chi connectivity index (χ4v) is 2.13. The number of likely N-dealkylation sites (tertiary alicyclic amines) is 1. The molecule has 0 amide bonds. The van der Waals surface area contributed by atoms with E-state index >= 15 is 0 Å². The van der Waals surface area contributed by atoms with Gasteiger partial charge in [0.1, 0.15) is 0 Å². The Morgan fingerprint density at radius 3 is 2.41 bits per heavy atom. The fourth-order valence-electron chi connectivity index (χ4n) is 2.13. The van der Waals surface area contributed by atoms with Crippen LogP contribution in [0.3, 0.4) is 0 Å². The predicted octanol–water partition coefficient (Wildman–Crippen LogP) is 2.12. The molecule has 1 aliphatic heterocycles. The van der Waals surface area contributed by atoms with Gasteiger partial charge in [-0.1, -0.05) is 13.8 Å². The molecule has 0 unspecified atom stereocenters. The van der Waals surface area contributed by atoms with E-state index in [1.165, 1.54) is 32.4 Å². The third kappa shape index (κ3) is 5.84. The van der Waals surface area contributed by atoms with Gasteiger partial charge in [0.05, 0.1) is 6.61 Å². The lowest BCUT2D eigenvalue weighted by Gasteiger charge is -2.39. The molecule has 3 heteroatoms. The van der Waals surface area contributed by atoms with Crippen molar-refractivity contribution >= 4 is 0 Å². The second-order valence-electron chi connectivity index (χ2n) is 5.95. The van der Waals surface area contributed by atoms with Gasteiger partial charge in [0.15, 0.2) is 0 Å². The largest absolute Gasteiger partial charge is 0.380 e. The maximum absolute atomic E-state index is 5.67. The highest BCUT2D eigenvalue weighted by atomic mass is 16.5. The summed E-state index contributed by atoms with van der Waals surface area (Å²) in [5, 5.41) is 3.43. The Bertz CT molecular complexity index is 198. The van der Waals surface area contributed by atoms with Gasteiger partial charge >= 0.3 is 0 Å². The van der Waals surface area contributed by atoms with Gasteiger partial charge in [-0.15, -0.1) is 0 Å². The van der Waals surface area contributed by atoms with Gasteiger partial charge in [-0.3, -0.25) is 0 Å². The minimum Gasteiger partial charge on any atom is -0.380 e. The molecule has 0 aromatic rings. The van der Waals surface area contributed by atoms with E-state index in [1.54, 1.807) is 0 Å². The molecule has 1 fully saturated rings. The van der Waals surface area contributed by atoms with Crippen molar-refractivity contribution in [1.29, 1.82) is 0 Å². The van der Waals surface area contributed by atoms with Crippen LogP contribution in [0.2, 0.25) is 0 Å². The summed E-state index contributed by atoms with van der Waals surface area (Å²) in [6.45, 7) is 12.1. The van der Waals surface area contributed by atoms with E-state index in [0.717, 1.165) is 25.7 Å². The zero-order valence-electron chi connectivity index (χ0n) is 12.1. The first kappa shape index (κ1) is 14.9. The molecule has 3 nitrogen and oxygen atoms in total. The van der Waals surface area contributed by atoms with Crippen molar-refractivity contribution < 1.29 is 4.74 Å². The average Bonchev–Trinajstić information content (AvgIpc) is 2.31. The van der Waals surface area contributed by atoms with Crippen LogP contribution in [0.5, 0.6) is 0 Å². The van der Waals surface area contributed by atoms with E-state index in [9.17, 15) is 0 Å². The number of nitrogens with zero attached hydrogens (tertiary/aromatic N) is 1. The Kier molecular flexibility index (Phi) is 6.45. The third-order valence-electron chi connectivity index (χ3n) is 3.95. The molecule has 0 spiro atoms. The zero-order chi connectivity index (χ0) is 12.7. The molecule has 1 N–H and O–H groups in total. The number of hydrogen-bond acceptors (Lipinski definition) is 3. The second-order valence-corrected chi connectivity index (χ2v) is 5.95. The summed E-state index contributed by atoms with van der Waals surface area (Å²) in [6.07, 6.45) is 3.67. The summed E-state index contributed by atoms with van der Waals surface area (Å²) < 4.78 is 5.67.